The van der Waals surface area contributed by atoms with Crippen molar-refractivity contribution >= 4 is 44.6 Å². The van der Waals surface area contributed by atoms with Gasteiger partial charge in [-0.05, 0) is 79.8 Å². The van der Waals surface area contributed by atoms with Gasteiger partial charge in [0.1, 0.15) is 0 Å². The molecule has 0 unspecified atom stereocenters. The number of amides is 2. The van der Waals surface area contributed by atoms with Gasteiger partial charge in [0.15, 0.2) is 0 Å². The van der Waals surface area contributed by atoms with Crippen LogP contribution in [0.1, 0.15) is 67.3 Å². The van der Waals surface area contributed by atoms with E-state index < -0.39 is 33.7 Å². The zero-order chi connectivity index (χ0) is 29.9. The highest BCUT2D eigenvalue weighted by Gasteiger charge is 2.54. The summed E-state index contributed by atoms with van der Waals surface area (Å²) in [7, 11) is -2.12. The summed E-state index contributed by atoms with van der Waals surface area (Å²) in [4.78, 5) is 30.5. The first-order chi connectivity index (χ1) is 19.9. The van der Waals surface area contributed by atoms with Crippen molar-refractivity contribution in [2.24, 2.45) is 5.41 Å². The number of hydrogen-bond acceptors (Lipinski definition) is 6. The molecule has 0 aromatic heterocycles. The van der Waals surface area contributed by atoms with Crippen molar-refractivity contribution in [1.29, 1.82) is 0 Å². The molecule has 3 N–H and O–H groups in total. The van der Waals surface area contributed by atoms with Gasteiger partial charge in [-0.15, -0.1) is 0 Å². The van der Waals surface area contributed by atoms with Gasteiger partial charge in [0.05, 0.1) is 34.7 Å². The van der Waals surface area contributed by atoms with Gasteiger partial charge >= 0.3 is 0 Å². The maximum Gasteiger partial charge on any atom is 0.257 e. The largest absolute Gasteiger partial charge is 0.395 e. The first-order valence-electron chi connectivity index (χ1n) is 14.5. The molecule has 2 aliphatic carbocycles. The SMILES string of the molecule is CN1C(=O)C2(CCC(F)(F)CC2)c2ccc(NC(=O)c3ccc(NS(=O)(=O)CCO)cc3N3CCC4(CC3)CC4)cc21. The molecule has 1 saturated heterocycles. The van der Waals surface area contributed by atoms with Gasteiger partial charge < -0.3 is 20.2 Å². The first-order valence-corrected chi connectivity index (χ1v) is 16.1. The Balaban J connectivity index is 1.27. The minimum atomic E-state index is -3.75. The van der Waals surface area contributed by atoms with Crippen LogP contribution in [0.3, 0.4) is 0 Å². The molecule has 2 aromatic carbocycles. The average Bonchev–Trinajstić information content (AvgIpc) is 3.67. The smallest absolute Gasteiger partial charge is 0.257 e. The molecule has 3 fully saturated rings. The Morgan fingerprint density at radius 1 is 0.929 bits per heavy atom. The molecule has 2 heterocycles. The van der Waals surface area contributed by atoms with E-state index in [1.54, 1.807) is 37.4 Å². The molecule has 0 atom stereocenters. The van der Waals surface area contributed by atoms with E-state index in [4.69, 9.17) is 5.11 Å². The van der Waals surface area contributed by atoms with Crippen LogP contribution in [-0.4, -0.2) is 63.8 Å². The molecule has 0 radical (unpaired) electrons. The fraction of sp³-hybridized carbons (Fsp3) is 0.533. The standard InChI is InChI=1S/C30H36F2N4O5S/c1-35-25-18-20(3-5-23(25)29(27(35)39)8-10-30(31,32)11-9-29)33-26(38)22-4-2-21(34-42(40,41)17-16-37)19-24(22)36-14-12-28(6-7-28)13-15-36/h2-5,18-19,34,37H,6-17H2,1H3,(H,33,38). The third-order valence-electron chi connectivity index (χ3n) is 9.68. The Kier molecular flexibility index (Phi) is 7.00. The molecule has 4 aliphatic rings. The van der Waals surface area contributed by atoms with Gasteiger partial charge in [-0.25, -0.2) is 17.2 Å². The molecule has 6 rings (SSSR count). The summed E-state index contributed by atoms with van der Waals surface area (Å²) in [6.45, 7) is 0.992. The number of halogens is 2. The molecule has 12 heteroatoms. The van der Waals surface area contributed by atoms with Crippen molar-refractivity contribution < 1.29 is 31.9 Å². The summed E-state index contributed by atoms with van der Waals surface area (Å²) in [5, 5.41) is 12.0. The van der Waals surface area contributed by atoms with Crippen LogP contribution in [0.15, 0.2) is 36.4 Å². The normalized spacial score (nSPS) is 21.9. The van der Waals surface area contributed by atoms with E-state index in [2.05, 4.69) is 14.9 Å². The second-order valence-corrected chi connectivity index (χ2v) is 14.2. The number of hydrogen-bond donors (Lipinski definition) is 3. The molecule has 2 amide bonds. The number of carbonyl (C=O) groups is 2. The average molecular weight is 603 g/mol. The monoisotopic (exact) mass is 602 g/mol. The van der Waals surface area contributed by atoms with E-state index in [0.717, 1.165) is 25.9 Å². The molecule has 42 heavy (non-hydrogen) atoms. The summed E-state index contributed by atoms with van der Waals surface area (Å²) in [6.07, 6.45) is 3.94. The van der Waals surface area contributed by atoms with Crippen LogP contribution in [0, 0.1) is 5.41 Å². The predicted octanol–water partition coefficient (Wildman–Crippen LogP) is 4.48. The van der Waals surface area contributed by atoms with Crippen molar-refractivity contribution in [1.82, 2.24) is 0 Å². The van der Waals surface area contributed by atoms with Crippen LogP contribution in [0.4, 0.5) is 31.5 Å². The van der Waals surface area contributed by atoms with Crippen LogP contribution in [0.25, 0.3) is 0 Å². The quantitative estimate of drug-likeness (QED) is 0.430. The van der Waals surface area contributed by atoms with Crippen molar-refractivity contribution in [3.63, 3.8) is 0 Å². The minimum Gasteiger partial charge on any atom is -0.395 e. The van der Waals surface area contributed by atoms with Gasteiger partial charge in [0.25, 0.3) is 5.91 Å². The highest BCUT2D eigenvalue weighted by Crippen LogP contribution is 2.55. The second kappa shape index (κ2) is 10.2. The maximum atomic E-state index is 13.9. The second-order valence-electron chi connectivity index (χ2n) is 12.4. The fourth-order valence-electron chi connectivity index (χ4n) is 6.86. The van der Waals surface area contributed by atoms with Crippen LogP contribution in [-0.2, 0) is 20.2 Å². The zero-order valence-corrected chi connectivity index (χ0v) is 24.4. The number of carbonyl (C=O) groups excluding carboxylic acids is 2. The number of fused-ring (bicyclic) bond motifs is 2. The lowest BCUT2D eigenvalue weighted by Gasteiger charge is -2.36. The van der Waals surface area contributed by atoms with Crippen molar-refractivity contribution in [3.8, 4) is 0 Å². The molecule has 226 valence electrons. The van der Waals surface area contributed by atoms with Gasteiger partial charge in [-0.2, -0.15) is 0 Å². The topological polar surface area (TPSA) is 119 Å². The number of likely N-dealkylation sites (N-methyl/N-ethyl adjacent to an activating group) is 1. The predicted molar refractivity (Wildman–Crippen MR) is 157 cm³/mol. The highest BCUT2D eigenvalue weighted by molar-refractivity contribution is 7.92. The first kappa shape index (κ1) is 28.9. The van der Waals surface area contributed by atoms with E-state index in [-0.39, 0.29) is 37.5 Å². The van der Waals surface area contributed by atoms with Gasteiger partial charge in [-0.3, -0.25) is 14.3 Å². The third-order valence-corrected chi connectivity index (χ3v) is 10.9. The van der Waals surface area contributed by atoms with Crippen LogP contribution < -0.4 is 19.8 Å². The Labute approximate surface area is 244 Å². The fourth-order valence-corrected chi connectivity index (χ4v) is 7.69. The molecule has 0 bridgehead atoms. The number of nitrogens with zero attached hydrogens (tertiary/aromatic N) is 2. The number of alkyl halides is 2. The lowest BCUT2D eigenvalue weighted by Crippen LogP contribution is -2.44. The number of aliphatic hydroxyl groups is 1. The molecule has 2 spiro atoms. The summed E-state index contributed by atoms with van der Waals surface area (Å²) >= 11 is 0. The Bertz CT molecular complexity index is 1520. The number of anilines is 4. The number of rotatable bonds is 7. The summed E-state index contributed by atoms with van der Waals surface area (Å²) in [5.74, 6) is -3.78. The van der Waals surface area contributed by atoms with Gasteiger partial charge in [0.2, 0.25) is 21.9 Å². The van der Waals surface area contributed by atoms with Crippen molar-refractivity contribution in [3.05, 3.63) is 47.5 Å². The molecule has 2 saturated carbocycles. The van der Waals surface area contributed by atoms with Crippen LogP contribution in [0.2, 0.25) is 0 Å². The third kappa shape index (κ3) is 5.23. The molecule has 2 aliphatic heterocycles. The van der Waals surface area contributed by atoms with Crippen molar-refractivity contribution in [2.75, 3.05) is 52.3 Å². The lowest BCUT2D eigenvalue weighted by atomic mass is 9.69. The van der Waals surface area contributed by atoms with E-state index in [1.165, 1.54) is 23.8 Å². The number of sulfonamides is 1. The van der Waals surface area contributed by atoms with Crippen molar-refractivity contribution in [2.45, 2.75) is 62.7 Å². The number of aliphatic hydroxyl groups excluding tert-OH is 1. The van der Waals surface area contributed by atoms with E-state index >= 15 is 0 Å². The summed E-state index contributed by atoms with van der Waals surface area (Å²) in [5.41, 5.74) is 2.51. The highest BCUT2D eigenvalue weighted by atomic mass is 32.2. The van der Waals surface area contributed by atoms with E-state index in [9.17, 15) is 26.8 Å². The van der Waals surface area contributed by atoms with E-state index in [0.29, 0.717) is 39.3 Å². The summed E-state index contributed by atoms with van der Waals surface area (Å²) < 4.78 is 55.0. The molecule has 2 aromatic rings. The van der Waals surface area contributed by atoms with Crippen LogP contribution in [0.5, 0.6) is 0 Å². The maximum absolute atomic E-state index is 13.9. The van der Waals surface area contributed by atoms with Gasteiger partial charge in [0, 0.05) is 44.4 Å². The number of nitrogens with one attached hydrogen (secondary N) is 2. The summed E-state index contributed by atoms with van der Waals surface area (Å²) in [6, 6.07) is 9.94. The zero-order valence-electron chi connectivity index (χ0n) is 23.6. The Morgan fingerprint density at radius 3 is 2.21 bits per heavy atom. The van der Waals surface area contributed by atoms with Gasteiger partial charge in [-0.1, -0.05) is 6.07 Å². The van der Waals surface area contributed by atoms with E-state index in [1.807, 2.05) is 0 Å². The molecular weight excluding hydrogens is 566 g/mol. The number of benzene rings is 2. The molecular formula is C30H36F2N4O5S. The number of piperidine rings is 1. The lowest BCUT2D eigenvalue weighted by molar-refractivity contribution is -0.127. The molecule has 9 nitrogen and oxygen atoms in total. The Hall–Kier alpha value is -3.25. The van der Waals surface area contributed by atoms with Crippen LogP contribution >= 0.6 is 0 Å². The minimum absolute atomic E-state index is 0.0801. The Morgan fingerprint density at radius 2 is 1.57 bits per heavy atom.